The molecule has 4 aliphatic heterocycles. The van der Waals surface area contributed by atoms with Gasteiger partial charge in [0.15, 0.2) is 22.4 Å². The van der Waals surface area contributed by atoms with Gasteiger partial charge in [-0.2, -0.15) is 0 Å². The highest BCUT2D eigenvalue weighted by Gasteiger charge is 2.44. The van der Waals surface area contributed by atoms with Crippen molar-refractivity contribution < 1.29 is 53.4 Å². The molecule has 17 nitrogen and oxygen atoms in total. The van der Waals surface area contributed by atoms with Crippen LogP contribution in [0.5, 0.6) is 11.5 Å². The lowest BCUT2D eigenvalue weighted by Crippen LogP contribution is -2.51. The lowest BCUT2D eigenvalue weighted by Gasteiger charge is -2.38. The van der Waals surface area contributed by atoms with E-state index >= 15 is 0 Å². The Morgan fingerprint density at radius 1 is 0.939 bits per heavy atom. The highest BCUT2D eigenvalue weighted by atomic mass is 16.7. The van der Waals surface area contributed by atoms with E-state index in [4.69, 9.17) is 28.3 Å². The van der Waals surface area contributed by atoms with Crippen LogP contribution in [0, 0.1) is 30.6 Å². The number of allylic oxidation sites excluding steroid dienone is 2. The minimum absolute atomic E-state index is 0.0448. The number of amides is 1. The molecule has 0 radical (unpaired) electrons. The molecule has 4 aliphatic rings. The van der Waals surface area contributed by atoms with E-state index < -0.39 is 88.1 Å². The van der Waals surface area contributed by atoms with E-state index in [-0.39, 0.29) is 72.8 Å². The van der Waals surface area contributed by atoms with Gasteiger partial charge in [-0.05, 0) is 32.8 Å². The number of carbonyl (C=O) groups excluding carboxylic acids is 2. The van der Waals surface area contributed by atoms with Crippen molar-refractivity contribution in [1.82, 2.24) is 10.3 Å². The van der Waals surface area contributed by atoms with Crippen molar-refractivity contribution in [2.75, 3.05) is 30.4 Å². The summed E-state index contributed by atoms with van der Waals surface area (Å²) in [5.74, 6) is -6.91. The summed E-state index contributed by atoms with van der Waals surface area (Å²) in [5.41, 5.74) is -1.31. The van der Waals surface area contributed by atoms with Gasteiger partial charge < -0.3 is 59.3 Å². The third kappa shape index (κ3) is 8.05. The molecular formula is C49H58N4O13. The van der Waals surface area contributed by atoms with E-state index in [9.17, 15) is 39.6 Å². The number of methoxy groups -OCH3 is 1. The normalized spacial score (nSPS) is 32.5. The molecule has 5 heterocycles. The third-order valence-electron chi connectivity index (χ3n) is 14.0. The van der Waals surface area contributed by atoms with Crippen LogP contribution in [-0.2, 0) is 23.8 Å². The summed E-state index contributed by atoms with van der Waals surface area (Å²) in [5, 5.41) is 52.8. The average molecular weight is 911 g/mol. The van der Waals surface area contributed by atoms with Crippen LogP contribution in [0.3, 0.4) is 0 Å². The molecule has 0 aliphatic carbocycles. The van der Waals surface area contributed by atoms with E-state index in [0.29, 0.717) is 18.8 Å². The molecule has 0 saturated carbocycles. The average Bonchev–Trinajstić information content (AvgIpc) is 3.76. The summed E-state index contributed by atoms with van der Waals surface area (Å²) in [6.07, 6.45) is 5.61. The maximum absolute atomic E-state index is 14.9. The number of fused-ring (bicyclic) bond motifs is 4. The standard InChI is InChI=1S/C49H58N4O13/c1-21-11-10-12-22(2)48(61)52-39-43(59)35-34(38-46(39)65-33-18-30(17-31(55)37(33)51-38)53-19-28-13-14-29(20-53)50-28)36-45(26(6)42(35)58)66-49(8,47(36)60)63-16-15-32(62-9)23(3)44(64-27(7)54)25(5)41(57)24(4)40(21)56/h10-12,15-18,21,23-25,28-29,32,40-41,44,50,56-58,60H,13-14,19-20H2,1-9H3,(H,52,61)/b11-10+,16-15+,22-12-/t21-,23+,24+,25+,28?,29?,32-,40-,41+,44+,49-/m0/s1. The minimum atomic E-state index is -1.98. The molecule has 17 heteroatoms. The molecule has 66 heavy (non-hydrogen) atoms. The second-order valence-electron chi connectivity index (χ2n) is 18.6. The molecule has 1 aromatic heterocycles. The van der Waals surface area contributed by atoms with E-state index in [1.165, 1.54) is 59.3 Å². The van der Waals surface area contributed by atoms with Gasteiger partial charge in [0.25, 0.3) is 5.91 Å². The fourth-order valence-corrected chi connectivity index (χ4v) is 10.1. The summed E-state index contributed by atoms with van der Waals surface area (Å²) in [6, 6.07) is 3.70. The van der Waals surface area contributed by atoms with Gasteiger partial charge in [-0.3, -0.25) is 19.2 Å². The van der Waals surface area contributed by atoms with Crippen LogP contribution in [0.4, 0.5) is 11.4 Å². The lowest BCUT2D eigenvalue weighted by molar-refractivity contribution is -0.160. The largest absolute Gasteiger partial charge is 0.507 e. The number of aromatic nitrogens is 1. The number of aliphatic hydroxyl groups excluding tert-OH is 3. The monoisotopic (exact) mass is 910 g/mol. The lowest BCUT2D eigenvalue weighted by atomic mass is 9.78. The molecule has 352 valence electrons. The number of esters is 1. The van der Waals surface area contributed by atoms with Gasteiger partial charge in [-0.1, -0.05) is 45.9 Å². The Bertz CT molecular complexity index is 2900. The molecule has 2 fully saturated rings. The van der Waals surface area contributed by atoms with Crippen LogP contribution >= 0.6 is 0 Å². The second-order valence-corrected chi connectivity index (χ2v) is 18.6. The molecule has 3 aromatic carbocycles. The Hall–Kier alpha value is -6.01. The molecule has 1 amide bonds. The van der Waals surface area contributed by atoms with Crippen LogP contribution in [0.15, 0.2) is 62.3 Å². The van der Waals surface area contributed by atoms with Crippen LogP contribution in [-0.4, -0.2) is 99.8 Å². The number of ether oxygens (including phenoxy) is 4. The number of benzene rings is 3. The first kappa shape index (κ1) is 46.5. The Morgan fingerprint density at radius 3 is 2.30 bits per heavy atom. The number of carbonyl (C=O) groups is 2. The number of piperazine rings is 1. The first-order valence-corrected chi connectivity index (χ1v) is 22.4. The summed E-state index contributed by atoms with van der Waals surface area (Å²) >= 11 is 0. The molecule has 8 rings (SSSR count). The number of nitrogens with one attached hydrogen (secondary N) is 2. The Morgan fingerprint density at radius 2 is 1.64 bits per heavy atom. The fourth-order valence-electron chi connectivity index (χ4n) is 10.1. The summed E-state index contributed by atoms with van der Waals surface area (Å²) in [6.45, 7) is 14.0. The van der Waals surface area contributed by atoms with Crippen molar-refractivity contribution >= 4 is 62.0 Å². The number of aromatic hydroxyl groups is 1. The first-order valence-electron chi connectivity index (χ1n) is 22.4. The Labute approximate surface area is 380 Å². The van der Waals surface area contributed by atoms with Crippen molar-refractivity contribution in [2.45, 2.75) is 111 Å². The van der Waals surface area contributed by atoms with E-state index in [1.54, 1.807) is 45.9 Å². The van der Waals surface area contributed by atoms with E-state index in [2.05, 4.69) is 15.5 Å². The third-order valence-corrected chi connectivity index (χ3v) is 14.0. The highest BCUT2D eigenvalue weighted by Crippen LogP contribution is 2.42. The quantitative estimate of drug-likeness (QED) is 0.0943. The number of nitrogens with zero attached hydrogens (tertiary/aromatic N) is 2. The molecule has 6 bridgehead atoms. The van der Waals surface area contributed by atoms with Crippen molar-refractivity contribution in [1.29, 1.82) is 0 Å². The topological polar surface area (TPSA) is 239 Å². The molecule has 2 saturated heterocycles. The van der Waals surface area contributed by atoms with Crippen molar-refractivity contribution in [3.8, 4) is 11.5 Å². The van der Waals surface area contributed by atoms with Crippen LogP contribution in [0.25, 0.3) is 38.7 Å². The number of anilines is 2. The van der Waals surface area contributed by atoms with E-state index in [0.717, 1.165) is 12.8 Å². The van der Waals surface area contributed by atoms with Crippen LogP contribution in [0.1, 0.15) is 66.9 Å². The summed E-state index contributed by atoms with van der Waals surface area (Å²) < 4.78 is 30.5. The van der Waals surface area contributed by atoms with Crippen molar-refractivity contribution in [3.05, 3.63) is 79.5 Å². The molecule has 0 spiro atoms. The zero-order valence-electron chi connectivity index (χ0n) is 38.5. The molecule has 6 N–H and O–H groups in total. The SMILES string of the molecule is CO[C@H]1/C=C/O[C@@]2(C)Oc3c(C)c(O)c4c(=O)c(c5oc6cc(N7CC8CCC(C7)N8)cc(=O)c6nc5c4c3=C2O)NC(=O)/C(C)=C\C=C\[C@H](C)[C@H](O)[C@@H](C)[C@@H](O)[C@@H](C)[C@H](OC(C)=O)[C@@H]1C. The van der Waals surface area contributed by atoms with Gasteiger partial charge in [0.1, 0.15) is 28.8 Å². The number of phenolic OH excluding ortho intramolecular Hbond substituents is 1. The molecular weight excluding hydrogens is 853 g/mol. The van der Waals surface area contributed by atoms with Gasteiger partial charge in [-0.15, -0.1) is 0 Å². The van der Waals surface area contributed by atoms with Crippen molar-refractivity contribution in [2.24, 2.45) is 23.7 Å². The minimum Gasteiger partial charge on any atom is -0.507 e. The maximum Gasteiger partial charge on any atom is 0.307 e. The predicted molar refractivity (Wildman–Crippen MR) is 247 cm³/mol. The number of hydrogen-bond acceptors (Lipinski definition) is 16. The van der Waals surface area contributed by atoms with E-state index in [1.807, 2.05) is 0 Å². The Kier molecular flexibility index (Phi) is 12.4. The smallest absolute Gasteiger partial charge is 0.307 e. The molecule has 2 unspecified atom stereocenters. The fraction of sp³-hybridized carbons (Fsp3) is 0.490. The zero-order valence-corrected chi connectivity index (χ0v) is 38.5. The van der Waals surface area contributed by atoms with Gasteiger partial charge in [0.05, 0.1) is 35.2 Å². The predicted octanol–water partition coefficient (Wildman–Crippen LogP) is 4.50. The second kappa shape index (κ2) is 17.7. The number of aliphatic hydroxyl groups is 3. The van der Waals surface area contributed by atoms with Gasteiger partial charge in [-0.25, -0.2) is 4.98 Å². The summed E-state index contributed by atoms with van der Waals surface area (Å²) in [4.78, 5) is 62.2. The highest BCUT2D eigenvalue weighted by molar-refractivity contribution is 6.16. The number of phenols is 1. The molecule has 4 aromatic rings. The van der Waals surface area contributed by atoms with Crippen LogP contribution in [0.2, 0.25) is 0 Å². The van der Waals surface area contributed by atoms with Crippen LogP contribution < -0.4 is 36.3 Å². The maximum atomic E-state index is 14.9. The van der Waals surface area contributed by atoms with Gasteiger partial charge >= 0.3 is 11.8 Å². The number of rotatable bonds is 3. The van der Waals surface area contributed by atoms with Crippen molar-refractivity contribution in [3.63, 3.8) is 0 Å². The number of hydrogen-bond donors (Lipinski definition) is 6. The zero-order chi connectivity index (χ0) is 47.7. The molecule has 11 atom stereocenters. The van der Waals surface area contributed by atoms with Gasteiger partial charge in [0, 0.05) is 104 Å². The Balaban J connectivity index is 1.35. The van der Waals surface area contributed by atoms with Gasteiger partial charge in [0.2, 0.25) is 10.9 Å². The summed E-state index contributed by atoms with van der Waals surface area (Å²) in [7, 11) is 1.45. The first-order chi connectivity index (χ1) is 31.2.